The van der Waals surface area contributed by atoms with E-state index in [1.807, 2.05) is 38.1 Å². The smallest absolute Gasteiger partial charge is 0.407 e. The SMILES string of the molecule is COC(=O)N[C@H](C(=O)N1CCC[C@H]1c1ncc(-c2ccc3c(c2)C(F)(F)c2cc(-c4cnc(C5C6CCC(C6)C5C(=O)NCc5cccnc5)[nH]4)ccc2-3)[nH]1)C(C)C. The summed E-state index contributed by atoms with van der Waals surface area (Å²) in [5.41, 5.74) is 4.05. The third-order valence-corrected chi connectivity index (χ3v) is 12.8. The number of alkyl carbamates (subject to hydrolysis) is 1. The number of hydrogen-bond acceptors (Lipinski definition) is 7. The molecule has 5 aromatic rings. The maximum atomic E-state index is 16.5. The number of nitrogens with one attached hydrogen (secondary N) is 4. The molecular formula is C44H46F2N8O4. The summed E-state index contributed by atoms with van der Waals surface area (Å²) in [7, 11) is 1.26. The Morgan fingerprint density at radius 2 is 1.59 bits per heavy atom. The van der Waals surface area contributed by atoms with Crippen molar-refractivity contribution in [2.45, 2.75) is 76.4 Å². The molecule has 3 fully saturated rings. The fraction of sp³-hybridized carbons (Fsp3) is 0.409. The van der Waals surface area contributed by atoms with Crippen LogP contribution in [0.2, 0.25) is 0 Å². The first-order valence-electron chi connectivity index (χ1n) is 20.1. The zero-order valence-corrected chi connectivity index (χ0v) is 32.6. The topological polar surface area (TPSA) is 158 Å². The van der Waals surface area contributed by atoms with Gasteiger partial charge in [0, 0.05) is 53.7 Å². The highest BCUT2D eigenvalue weighted by Crippen LogP contribution is 2.57. The van der Waals surface area contributed by atoms with Crippen LogP contribution < -0.4 is 10.6 Å². The highest BCUT2D eigenvalue weighted by Gasteiger charge is 2.52. The Kier molecular flexibility index (Phi) is 9.60. The largest absolute Gasteiger partial charge is 0.453 e. The van der Waals surface area contributed by atoms with Gasteiger partial charge in [0.15, 0.2) is 0 Å². The van der Waals surface area contributed by atoms with Gasteiger partial charge in [-0.3, -0.25) is 14.6 Å². The molecule has 1 saturated heterocycles. The summed E-state index contributed by atoms with van der Waals surface area (Å²) in [6.07, 6.45) is 10.5. The minimum atomic E-state index is -3.27. The quantitative estimate of drug-likeness (QED) is 0.114. The first-order valence-corrected chi connectivity index (χ1v) is 20.1. The molecule has 9 rings (SSSR count). The van der Waals surface area contributed by atoms with Gasteiger partial charge in [0.1, 0.15) is 17.7 Å². The number of likely N-dealkylation sites (tertiary alicyclic amines) is 1. The van der Waals surface area contributed by atoms with E-state index in [0.717, 1.165) is 37.1 Å². The zero-order chi connectivity index (χ0) is 40.3. The third-order valence-electron chi connectivity index (χ3n) is 12.8. The fourth-order valence-corrected chi connectivity index (χ4v) is 9.93. The predicted octanol–water partition coefficient (Wildman–Crippen LogP) is 7.47. The summed E-state index contributed by atoms with van der Waals surface area (Å²) in [6, 6.07) is 12.8. The van der Waals surface area contributed by atoms with Crippen molar-refractivity contribution in [3.63, 3.8) is 0 Å². The van der Waals surface area contributed by atoms with E-state index >= 15 is 8.78 Å². The lowest BCUT2D eigenvalue weighted by atomic mass is 9.78. The van der Waals surface area contributed by atoms with E-state index in [9.17, 15) is 14.4 Å². The molecule has 3 aromatic heterocycles. The minimum absolute atomic E-state index is 0.0139. The first kappa shape index (κ1) is 37.6. The van der Waals surface area contributed by atoms with Crippen molar-refractivity contribution in [1.29, 1.82) is 0 Å². The Labute approximate surface area is 334 Å². The number of amides is 3. The van der Waals surface area contributed by atoms with Crippen molar-refractivity contribution in [3.8, 4) is 33.6 Å². The van der Waals surface area contributed by atoms with Gasteiger partial charge < -0.3 is 30.2 Å². The van der Waals surface area contributed by atoms with Crippen LogP contribution >= 0.6 is 0 Å². The van der Waals surface area contributed by atoms with Gasteiger partial charge in [0.05, 0.1) is 42.9 Å². The van der Waals surface area contributed by atoms with E-state index < -0.39 is 18.1 Å². The molecule has 2 aromatic carbocycles. The third kappa shape index (κ3) is 6.51. The number of H-pyrrole nitrogens is 2. The predicted molar refractivity (Wildman–Crippen MR) is 211 cm³/mol. The molecule has 300 valence electrons. The maximum absolute atomic E-state index is 16.5. The number of carbonyl (C=O) groups is 3. The number of rotatable bonds is 10. The number of aromatic amines is 2. The van der Waals surface area contributed by atoms with Gasteiger partial charge in [0.2, 0.25) is 11.8 Å². The molecule has 3 aliphatic carbocycles. The normalized spacial score (nSPS) is 23.1. The lowest BCUT2D eigenvalue weighted by molar-refractivity contribution is -0.135. The van der Waals surface area contributed by atoms with Crippen molar-refractivity contribution in [2.24, 2.45) is 23.7 Å². The molecule has 0 spiro atoms. The molecule has 3 amide bonds. The number of pyridine rings is 1. The highest BCUT2D eigenvalue weighted by atomic mass is 19.3. The number of aromatic nitrogens is 5. The van der Waals surface area contributed by atoms with Gasteiger partial charge in [-0.2, -0.15) is 8.78 Å². The van der Waals surface area contributed by atoms with E-state index in [1.54, 1.807) is 47.9 Å². The molecule has 4 aliphatic rings. The zero-order valence-electron chi connectivity index (χ0n) is 32.6. The lowest BCUT2D eigenvalue weighted by Crippen LogP contribution is -2.51. The van der Waals surface area contributed by atoms with Gasteiger partial charge in [-0.1, -0.05) is 44.2 Å². The summed E-state index contributed by atoms with van der Waals surface area (Å²) in [6.45, 7) is 4.62. The second kappa shape index (κ2) is 14.8. The molecule has 2 saturated carbocycles. The molecule has 12 nitrogen and oxygen atoms in total. The molecule has 0 radical (unpaired) electrons. The standard InChI is InChI=1S/C44H46F2N8O4/c1-23(2)38(53-43(57)58-3)42(56)54-15-5-7-35(54)39-48-21-33(51-39)25-10-12-29-30-13-11-26(18-32(30)44(45,46)31(29)17-25)34-22-49-40(52-34)36-27-8-9-28(16-27)37(36)41(55)50-20-24-6-4-14-47-19-24/h4,6,10-14,17-19,21-23,27-28,35-38H,5,7-9,15-16,20H2,1-3H3,(H,48,51)(H,49,52)(H,50,55)(H,53,57)/t27?,28?,35-,36?,37?,38-/m0/s1. The average molecular weight is 789 g/mol. The molecule has 58 heavy (non-hydrogen) atoms. The van der Waals surface area contributed by atoms with Gasteiger partial charge >= 0.3 is 6.09 Å². The van der Waals surface area contributed by atoms with Gasteiger partial charge in [-0.05, 0) is 84.7 Å². The number of nitrogens with zero attached hydrogens (tertiary/aromatic N) is 4. The molecule has 1 aliphatic heterocycles. The number of fused-ring (bicyclic) bond motifs is 5. The summed E-state index contributed by atoms with van der Waals surface area (Å²) in [5.74, 6) is -2.02. The minimum Gasteiger partial charge on any atom is -0.453 e. The lowest BCUT2D eigenvalue weighted by Gasteiger charge is -2.30. The van der Waals surface area contributed by atoms with E-state index in [4.69, 9.17) is 9.72 Å². The number of halogens is 2. The van der Waals surface area contributed by atoms with Gasteiger partial charge in [0.25, 0.3) is 5.92 Å². The van der Waals surface area contributed by atoms with Crippen LogP contribution in [-0.2, 0) is 26.8 Å². The summed E-state index contributed by atoms with van der Waals surface area (Å²) in [5, 5.41) is 5.77. The summed E-state index contributed by atoms with van der Waals surface area (Å²) >= 11 is 0. The number of methoxy groups -OCH3 is 1. The van der Waals surface area contributed by atoms with Crippen molar-refractivity contribution in [2.75, 3.05) is 13.7 Å². The van der Waals surface area contributed by atoms with Crippen LogP contribution in [0, 0.1) is 23.7 Å². The van der Waals surface area contributed by atoms with Gasteiger partial charge in [-0.15, -0.1) is 0 Å². The first-order chi connectivity index (χ1) is 28.0. The molecule has 4 heterocycles. The van der Waals surface area contributed by atoms with Crippen LogP contribution in [0.1, 0.15) is 86.3 Å². The number of hydrogen-bond donors (Lipinski definition) is 4. The number of carbonyl (C=O) groups excluding carboxylic acids is 3. The van der Waals surface area contributed by atoms with Crippen molar-refractivity contribution in [1.82, 2.24) is 40.5 Å². The van der Waals surface area contributed by atoms with Crippen LogP contribution in [-0.4, -0.2) is 67.4 Å². The molecule has 4 unspecified atom stereocenters. The average Bonchev–Trinajstić information content (AvgIpc) is 4.10. The van der Waals surface area contributed by atoms with Crippen LogP contribution in [0.4, 0.5) is 13.6 Å². The van der Waals surface area contributed by atoms with E-state index in [-0.39, 0.29) is 52.7 Å². The Morgan fingerprint density at radius 3 is 2.24 bits per heavy atom. The van der Waals surface area contributed by atoms with Crippen LogP contribution in [0.5, 0.6) is 0 Å². The second-order valence-corrected chi connectivity index (χ2v) is 16.5. The number of alkyl halides is 2. The van der Waals surface area contributed by atoms with E-state index in [2.05, 4.69) is 30.6 Å². The summed E-state index contributed by atoms with van der Waals surface area (Å²) < 4.78 is 37.7. The molecule has 14 heteroatoms. The van der Waals surface area contributed by atoms with E-state index in [1.165, 1.54) is 13.2 Å². The number of ether oxygens (including phenoxy) is 1. The maximum Gasteiger partial charge on any atom is 0.407 e. The van der Waals surface area contributed by atoms with Crippen molar-refractivity contribution >= 4 is 17.9 Å². The van der Waals surface area contributed by atoms with Crippen LogP contribution in [0.25, 0.3) is 33.6 Å². The second-order valence-electron chi connectivity index (χ2n) is 16.5. The molecule has 4 N–H and O–H groups in total. The summed E-state index contributed by atoms with van der Waals surface area (Å²) in [4.78, 5) is 61.1. The molecular weight excluding hydrogens is 743 g/mol. The number of benzene rings is 2. The monoisotopic (exact) mass is 788 g/mol. The Balaban J connectivity index is 0.928. The highest BCUT2D eigenvalue weighted by molar-refractivity contribution is 5.87. The Bertz CT molecular complexity index is 2380. The Hall–Kier alpha value is -5.92. The fourth-order valence-electron chi connectivity index (χ4n) is 9.93. The van der Waals surface area contributed by atoms with Crippen molar-refractivity contribution in [3.05, 3.63) is 102 Å². The van der Waals surface area contributed by atoms with Crippen LogP contribution in [0.3, 0.4) is 0 Å². The molecule has 6 atom stereocenters. The Morgan fingerprint density at radius 1 is 0.914 bits per heavy atom. The molecule has 2 bridgehead atoms. The van der Waals surface area contributed by atoms with Gasteiger partial charge in [-0.25, -0.2) is 14.8 Å². The number of imidazole rings is 2. The van der Waals surface area contributed by atoms with Crippen LogP contribution in [0.15, 0.2) is 73.3 Å². The van der Waals surface area contributed by atoms with E-state index in [0.29, 0.717) is 64.9 Å². The van der Waals surface area contributed by atoms with Crippen molar-refractivity contribution < 1.29 is 27.9 Å².